The molecule has 13 heteroatoms. The van der Waals surface area contributed by atoms with Gasteiger partial charge in [-0.15, -0.1) is 22.7 Å². The van der Waals surface area contributed by atoms with Crippen LogP contribution in [-0.2, 0) is 21.1 Å². The molecule has 2 heterocycles. The molecule has 0 bridgehead atoms. The molecule has 1 aromatic carbocycles. The van der Waals surface area contributed by atoms with E-state index >= 15 is 0 Å². The minimum absolute atomic E-state index is 0.0123. The monoisotopic (exact) mass is 461 g/mol. The predicted molar refractivity (Wildman–Crippen MR) is 104 cm³/mol. The van der Waals surface area contributed by atoms with Crippen LogP contribution in [0, 0.1) is 17.1 Å². The number of nitrogens with two attached hydrogens (primary N) is 1. The summed E-state index contributed by atoms with van der Waals surface area (Å²) in [6.45, 7) is 0.355. The Bertz CT molecular complexity index is 1200. The number of thiophene rings is 2. The second-order valence-corrected chi connectivity index (χ2v) is 11.7. The van der Waals surface area contributed by atoms with E-state index in [9.17, 15) is 22.3 Å². The van der Waals surface area contributed by atoms with Crippen molar-refractivity contribution in [3.8, 4) is 11.8 Å². The SMILES string of the molecule is N#Cc1ccc(OP(=O)(O)CNS(=O)(=O)c2cc3cc(CN)sc3s2)cc1F. The molecule has 0 spiro atoms. The Labute approximate surface area is 167 Å². The summed E-state index contributed by atoms with van der Waals surface area (Å²) in [7, 11) is -8.50. The molecule has 0 amide bonds. The Morgan fingerprint density at radius 1 is 1.32 bits per heavy atom. The third kappa shape index (κ3) is 4.59. The van der Waals surface area contributed by atoms with Crippen LogP contribution in [0.2, 0.25) is 0 Å². The van der Waals surface area contributed by atoms with Gasteiger partial charge in [0.25, 0.3) is 10.0 Å². The van der Waals surface area contributed by atoms with Crippen molar-refractivity contribution >= 4 is 49.7 Å². The first-order valence-corrected chi connectivity index (χ1v) is 12.4. The highest BCUT2D eigenvalue weighted by atomic mass is 32.2. The number of hydrogen-bond acceptors (Lipinski definition) is 8. The Kier molecular flexibility index (Phi) is 5.88. The number of nitriles is 1. The molecule has 4 N–H and O–H groups in total. The van der Waals surface area contributed by atoms with E-state index in [2.05, 4.69) is 0 Å². The molecular formula is C15H13FN3O5PS3. The molecule has 0 aliphatic carbocycles. The molecule has 3 rings (SSSR count). The fraction of sp³-hybridized carbons (Fsp3) is 0.133. The van der Waals surface area contributed by atoms with Crippen LogP contribution in [0.25, 0.3) is 9.40 Å². The summed E-state index contributed by atoms with van der Waals surface area (Å²) in [6.07, 6.45) is -0.906. The Morgan fingerprint density at radius 3 is 2.68 bits per heavy atom. The number of benzene rings is 1. The zero-order valence-corrected chi connectivity index (χ0v) is 17.3. The average Bonchev–Trinajstić information content (AvgIpc) is 3.19. The minimum atomic E-state index is -4.46. The van der Waals surface area contributed by atoms with Crippen LogP contribution < -0.4 is 15.0 Å². The highest BCUT2D eigenvalue weighted by Crippen LogP contribution is 2.42. The molecule has 0 radical (unpaired) electrons. The topological polar surface area (TPSA) is 143 Å². The van der Waals surface area contributed by atoms with Crippen molar-refractivity contribution < 1.29 is 26.8 Å². The smallest absolute Gasteiger partial charge is 0.391 e. The normalized spacial score (nSPS) is 13.9. The van der Waals surface area contributed by atoms with Gasteiger partial charge in [0, 0.05) is 22.9 Å². The van der Waals surface area contributed by atoms with Gasteiger partial charge in [0.15, 0.2) is 0 Å². The molecule has 2 aromatic heterocycles. The predicted octanol–water partition coefficient (Wildman–Crippen LogP) is 2.93. The molecule has 1 atom stereocenters. The van der Waals surface area contributed by atoms with Gasteiger partial charge < -0.3 is 15.2 Å². The van der Waals surface area contributed by atoms with Crippen molar-refractivity contribution in [2.45, 2.75) is 10.8 Å². The number of sulfonamides is 1. The van der Waals surface area contributed by atoms with Crippen molar-refractivity contribution in [1.82, 2.24) is 4.72 Å². The van der Waals surface area contributed by atoms with Crippen LogP contribution >= 0.6 is 30.3 Å². The first kappa shape index (κ1) is 20.9. The van der Waals surface area contributed by atoms with E-state index in [1.54, 1.807) is 12.1 Å². The van der Waals surface area contributed by atoms with E-state index in [-0.39, 0.29) is 15.5 Å². The molecule has 8 nitrogen and oxygen atoms in total. The lowest BCUT2D eigenvalue weighted by atomic mass is 10.2. The van der Waals surface area contributed by atoms with E-state index in [4.69, 9.17) is 15.5 Å². The molecule has 0 saturated heterocycles. The minimum Gasteiger partial charge on any atom is -0.424 e. The van der Waals surface area contributed by atoms with Gasteiger partial charge in [0.05, 0.1) is 9.58 Å². The van der Waals surface area contributed by atoms with Gasteiger partial charge in [-0.3, -0.25) is 0 Å². The van der Waals surface area contributed by atoms with Crippen LogP contribution in [0.15, 0.2) is 34.5 Å². The molecule has 28 heavy (non-hydrogen) atoms. The summed E-state index contributed by atoms with van der Waals surface area (Å²) in [5.74, 6) is -1.22. The fourth-order valence-electron chi connectivity index (χ4n) is 2.18. The van der Waals surface area contributed by atoms with E-state index in [1.807, 2.05) is 4.72 Å². The van der Waals surface area contributed by atoms with Crippen molar-refractivity contribution in [2.75, 3.05) is 6.29 Å². The van der Waals surface area contributed by atoms with Gasteiger partial charge >= 0.3 is 7.60 Å². The van der Waals surface area contributed by atoms with E-state index in [1.165, 1.54) is 17.4 Å². The second-order valence-electron chi connectivity index (χ2n) is 5.51. The van der Waals surface area contributed by atoms with Crippen molar-refractivity contribution in [1.29, 1.82) is 5.26 Å². The van der Waals surface area contributed by atoms with Gasteiger partial charge in [-0.25, -0.2) is 17.4 Å². The Morgan fingerprint density at radius 2 is 2.07 bits per heavy atom. The van der Waals surface area contributed by atoms with Gasteiger partial charge in [0.1, 0.15) is 28.1 Å². The maximum atomic E-state index is 13.6. The molecule has 148 valence electrons. The Hall–Kier alpha value is -1.84. The van der Waals surface area contributed by atoms with Crippen LogP contribution in [0.3, 0.4) is 0 Å². The summed E-state index contributed by atoms with van der Waals surface area (Å²) in [5.41, 5.74) is 5.30. The van der Waals surface area contributed by atoms with Gasteiger partial charge in [-0.1, -0.05) is 0 Å². The third-order valence-electron chi connectivity index (χ3n) is 3.47. The lowest BCUT2D eigenvalue weighted by Crippen LogP contribution is -2.25. The highest BCUT2D eigenvalue weighted by Gasteiger charge is 2.27. The van der Waals surface area contributed by atoms with E-state index in [0.29, 0.717) is 6.54 Å². The van der Waals surface area contributed by atoms with Gasteiger partial charge in [-0.2, -0.15) is 9.98 Å². The molecular weight excluding hydrogens is 448 g/mol. The van der Waals surface area contributed by atoms with Crippen molar-refractivity contribution in [3.63, 3.8) is 0 Å². The molecule has 3 aromatic rings. The number of fused-ring (bicyclic) bond motifs is 1. The first-order valence-electron chi connectivity index (χ1n) is 7.56. The quantitative estimate of drug-likeness (QED) is 0.459. The summed E-state index contributed by atoms with van der Waals surface area (Å²) in [5, 5.41) is 9.40. The molecule has 0 aliphatic heterocycles. The largest absolute Gasteiger partial charge is 0.424 e. The average molecular weight is 461 g/mol. The van der Waals surface area contributed by atoms with Crippen LogP contribution in [0.4, 0.5) is 4.39 Å². The van der Waals surface area contributed by atoms with Gasteiger partial charge in [-0.05, 0) is 24.3 Å². The Balaban J connectivity index is 1.71. The highest BCUT2D eigenvalue weighted by molar-refractivity contribution is 7.92. The van der Waals surface area contributed by atoms with Gasteiger partial charge in [0.2, 0.25) is 0 Å². The number of nitrogens with one attached hydrogen (secondary N) is 1. The number of nitrogens with zero attached hydrogens (tertiary/aromatic N) is 1. The van der Waals surface area contributed by atoms with E-state index in [0.717, 1.165) is 43.8 Å². The number of rotatable bonds is 7. The maximum absolute atomic E-state index is 13.6. The number of hydrogen-bond donors (Lipinski definition) is 3. The second kappa shape index (κ2) is 7.88. The first-order chi connectivity index (χ1) is 13.1. The maximum Gasteiger partial charge on any atom is 0.391 e. The lowest BCUT2D eigenvalue weighted by molar-refractivity contribution is 0.377. The zero-order chi connectivity index (χ0) is 20.5. The summed E-state index contributed by atoms with van der Waals surface area (Å²) < 4.78 is 58.1. The lowest BCUT2D eigenvalue weighted by Gasteiger charge is -2.14. The van der Waals surface area contributed by atoms with Crippen molar-refractivity contribution in [3.05, 3.63) is 46.6 Å². The third-order valence-corrected chi connectivity index (χ3v) is 9.03. The number of halogens is 1. The zero-order valence-electron chi connectivity index (χ0n) is 14.0. The summed E-state index contributed by atoms with van der Waals surface area (Å²) >= 11 is 2.40. The van der Waals surface area contributed by atoms with Crippen LogP contribution in [0.1, 0.15) is 10.4 Å². The van der Waals surface area contributed by atoms with Crippen molar-refractivity contribution in [2.24, 2.45) is 5.73 Å². The standard InChI is InChI=1S/C15H13FN3O5PS3/c16-13-5-11(2-1-9(13)6-17)24-25(20,21)8-19-28(22,23)14-4-10-3-12(7-18)26-15(10)27-14/h1-5,19H,7-8,18H2,(H,20,21). The van der Waals surface area contributed by atoms with Crippen LogP contribution in [-0.4, -0.2) is 19.6 Å². The van der Waals surface area contributed by atoms with Crippen LogP contribution in [0.5, 0.6) is 5.75 Å². The fourth-order valence-corrected chi connectivity index (χ4v) is 7.57. The van der Waals surface area contributed by atoms with E-state index < -0.39 is 29.7 Å². The molecule has 1 unspecified atom stereocenters. The summed E-state index contributed by atoms with van der Waals surface area (Å²) in [6, 6.07) is 7.85. The summed E-state index contributed by atoms with van der Waals surface area (Å²) in [4.78, 5) is 10.8. The molecule has 0 saturated carbocycles. The molecule has 0 aliphatic rings. The molecule has 0 fully saturated rings.